The minimum atomic E-state index is -3.78. The number of carbonyl (C=O) groups excluding carboxylic acids is 2. The number of nitrogens with zero attached hydrogens (tertiary/aromatic N) is 4. The molecule has 3 aromatic rings. The number of piperazine rings is 1. The molecule has 1 fully saturated rings. The van der Waals surface area contributed by atoms with Crippen LogP contribution in [0.15, 0.2) is 59.9 Å². The van der Waals surface area contributed by atoms with Crippen LogP contribution in [-0.4, -0.2) is 65.6 Å². The summed E-state index contributed by atoms with van der Waals surface area (Å²) in [6, 6.07) is 9.34. The zero-order chi connectivity index (χ0) is 22.0. The number of amides is 2. The molecule has 0 bridgehead atoms. The van der Waals surface area contributed by atoms with Gasteiger partial charge in [-0.3, -0.25) is 19.6 Å². The van der Waals surface area contributed by atoms with Crippen LogP contribution in [0.1, 0.15) is 17.3 Å². The molecular formula is C21H21N5O4S. The number of benzene rings is 1. The first-order valence-electron chi connectivity index (χ1n) is 9.72. The monoisotopic (exact) mass is 439 g/mol. The van der Waals surface area contributed by atoms with Gasteiger partial charge in [-0.1, -0.05) is 6.07 Å². The maximum Gasteiger partial charge on any atom is 0.255 e. The normalized spacial score (nSPS) is 15.1. The van der Waals surface area contributed by atoms with Crippen molar-refractivity contribution in [1.82, 2.24) is 19.2 Å². The maximum atomic E-state index is 13.0. The molecule has 0 aliphatic carbocycles. The molecule has 4 rings (SSSR count). The Bertz CT molecular complexity index is 1250. The molecule has 9 nitrogen and oxygen atoms in total. The summed E-state index contributed by atoms with van der Waals surface area (Å²) in [5, 5.41) is 3.49. The number of pyridine rings is 2. The van der Waals surface area contributed by atoms with Crippen molar-refractivity contribution in [2.24, 2.45) is 0 Å². The number of rotatable bonds is 4. The van der Waals surface area contributed by atoms with Gasteiger partial charge in [-0.15, -0.1) is 0 Å². The number of hydrogen-bond donors (Lipinski definition) is 1. The first kappa shape index (κ1) is 20.9. The van der Waals surface area contributed by atoms with Gasteiger partial charge in [-0.2, -0.15) is 4.31 Å². The summed E-state index contributed by atoms with van der Waals surface area (Å²) in [5.41, 5.74) is 1.45. The second-order valence-corrected chi connectivity index (χ2v) is 9.08. The van der Waals surface area contributed by atoms with Gasteiger partial charge in [0.1, 0.15) is 0 Å². The van der Waals surface area contributed by atoms with Crippen LogP contribution in [-0.2, 0) is 14.8 Å². The molecule has 3 heterocycles. The molecule has 10 heteroatoms. The number of carbonyl (C=O) groups is 2. The summed E-state index contributed by atoms with van der Waals surface area (Å²) in [5.74, 6) is -0.510. The highest BCUT2D eigenvalue weighted by Crippen LogP contribution is 2.22. The van der Waals surface area contributed by atoms with Crippen LogP contribution in [0.4, 0.5) is 5.69 Å². The molecule has 1 aliphatic heterocycles. The number of fused-ring (bicyclic) bond motifs is 1. The van der Waals surface area contributed by atoms with Crippen molar-refractivity contribution < 1.29 is 18.0 Å². The molecule has 2 amide bonds. The second-order valence-electron chi connectivity index (χ2n) is 7.14. The fourth-order valence-corrected chi connectivity index (χ4v) is 4.95. The molecule has 31 heavy (non-hydrogen) atoms. The lowest BCUT2D eigenvalue weighted by molar-refractivity contribution is -0.129. The average molecular weight is 439 g/mol. The van der Waals surface area contributed by atoms with Gasteiger partial charge in [-0.25, -0.2) is 8.42 Å². The largest absolute Gasteiger partial charge is 0.340 e. The number of nitrogens with one attached hydrogen (secondary N) is 1. The molecule has 0 spiro atoms. The van der Waals surface area contributed by atoms with E-state index in [-0.39, 0.29) is 29.5 Å². The van der Waals surface area contributed by atoms with E-state index in [2.05, 4.69) is 15.3 Å². The van der Waals surface area contributed by atoms with Crippen LogP contribution >= 0.6 is 0 Å². The van der Waals surface area contributed by atoms with Crippen LogP contribution < -0.4 is 5.32 Å². The standard InChI is InChI=1S/C21H21N5O4S/c1-15(27)25-9-11-26(12-10-25)31(29,30)17-4-2-3-16(13-17)21(28)24-20-6-8-23-19-5-7-22-14-18(19)20/h2-8,13-14H,9-12H2,1H3,(H,23,24,28). The lowest BCUT2D eigenvalue weighted by Gasteiger charge is -2.33. The summed E-state index contributed by atoms with van der Waals surface area (Å²) < 4.78 is 27.4. The fourth-order valence-electron chi connectivity index (χ4n) is 3.48. The van der Waals surface area contributed by atoms with E-state index >= 15 is 0 Å². The third-order valence-electron chi connectivity index (χ3n) is 5.21. The highest BCUT2D eigenvalue weighted by Gasteiger charge is 2.29. The smallest absolute Gasteiger partial charge is 0.255 e. The van der Waals surface area contributed by atoms with Crippen molar-refractivity contribution in [2.75, 3.05) is 31.5 Å². The van der Waals surface area contributed by atoms with Crippen molar-refractivity contribution in [3.8, 4) is 0 Å². The Hall–Kier alpha value is -3.37. The first-order valence-corrected chi connectivity index (χ1v) is 11.2. The summed E-state index contributed by atoms with van der Waals surface area (Å²) >= 11 is 0. The Labute approximate surface area is 179 Å². The van der Waals surface area contributed by atoms with Gasteiger partial charge in [0.2, 0.25) is 15.9 Å². The minimum Gasteiger partial charge on any atom is -0.340 e. The van der Waals surface area contributed by atoms with Crippen molar-refractivity contribution in [1.29, 1.82) is 0 Å². The lowest BCUT2D eigenvalue weighted by atomic mass is 10.2. The number of aromatic nitrogens is 2. The van der Waals surface area contributed by atoms with E-state index in [1.54, 1.807) is 47.8 Å². The van der Waals surface area contributed by atoms with Gasteiger partial charge in [0.15, 0.2) is 0 Å². The van der Waals surface area contributed by atoms with Crippen molar-refractivity contribution in [2.45, 2.75) is 11.8 Å². The number of sulfonamides is 1. The first-order chi connectivity index (χ1) is 14.9. The van der Waals surface area contributed by atoms with Crippen molar-refractivity contribution in [3.63, 3.8) is 0 Å². The van der Waals surface area contributed by atoms with Gasteiger partial charge < -0.3 is 10.2 Å². The summed E-state index contributed by atoms with van der Waals surface area (Å²) in [6.07, 6.45) is 4.81. The molecule has 1 saturated heterocycles. The van der Waals surface area contributed by atoms with E-state index in [0.29, 0.717) is 29.7 Å². The average Bonchev–Trinajstić information content (AvgIpc) is 2.79. The molecule has 1 N–H and O–H groups in total. The molecule has 0 saturated carbocycles. The van der Waals surface area contributed by atoms with E-state index in [1.807, 2.05) is 0 Å². The highest BCUT2D eigenvalue weighted by molar-refractivity contribution is 7.89. The molecule has 0 radical (unpaired) electrons. The third-order valence-corrected chi connectivity index (χ3v) is 7.10. The fraction of sp³-hybridized carbons (Fsp3) is 0.238. The van der Waals surface area contributed by atoms with Crippen LogP contribution in [0.2, 0.25) is 0 Å². The second kappa shape index (κ2) is 8.40. The van der Waals surface area contributed by atoms with Crippen LogP contribution in [0.3, 0.4) is 0 Å². The third kappa shape index (κ3) is 4.25. The van der Waals surface area contributed by atoms with Crippen LogP contribution in [0, 0.1) is 0 Å². The van der Waals surface area contributed by atoms with Crippen molar-refractivity contribution in [3.05, 3.63) is 60.6 Å². The van der Waals surface area contributed by atoms with E-state index in [0.717, 1.165) is 0 Å². The molecule has 1 aliphatic rings. The molecular weight excluding hydrogens is 418 g/mol. The Kier molecular flexibility index (Phi) is 5.66. The highest BCUT2D eigenvalue weighted by atomic mass is 32.2. The Morgan fingerprint density at radius 3 is 2.55 bits per heavy atom. The number of hydrogen-bond acceptors (Lipinski definition) is 6. The van der Waals surface area contributed by atoms with Gasteiger partial charge >= 0.3 is 0 Å². The Balaban J connectivity index is 1.55. The van der Waals surface area contributed by atoms with Gasteiger partial charge in [0.25, 0.3) is 5.91 Å². The zero-order valence-electron chi connectivity index (χ0n) is 16.9. The van der Waals surface area contributed by atoms with Gasteiger partial charge in [0, 0.05) is 62.6 Å². The van der Waals surface area contributed by atoms with Gasteiger partial charge in [-0.05, 0) is 30.3 Å². The summed E-state index contributed by atoms with van der Waals surface area (Å²) in [7, 11) is -3.78. The van der Waals surface area contributed by atoms with E-state index in [4.69, 9.17) is 0 Å². The van der Waals surface area contributed by atoms with Crippen LogP contribution in [0.25, 0.3) is 10.9 Å². The predicted octanol–water partition coefficient (Wildman–Crippen LogP) is 1.73. The Morgan fingerprint density at radius 2 is 1.81 bits per heavy atom. The SMILES string of the molecule is CC(=O)N1CCN(S(=O)(=O)c2cccc(C(=O)Nc3ccnc4ccncc34)c2)CC1. The Morgan fingerprint density at radius 1 is 1.03 bits per heavy atom. The van der Waals surface area contributed by atoms with E-state index in [9.17, 15) is 18.0 Å². The summed E-state index contributed by atoms with van der Waals surface area (Å²) in [4.78, 5) is 34.3. The predicted molar refractivity (Wildman–Crippen MR) is 115 cm³/mol. The topological polar surface area (TPSA) is 113 Å². The maximum absolute atomic E-state index is 13.0. The van der Waals surface area contributed by atoms with E-state index < -0.39 is 15.9 Å². The zero-order valence-corrected chi connectivity index (χ0v) is 17.7. The number of anilines is 1. The van der Waals surface area contributed by atoms with E-state index in [1.165, 1.54) is 23.4 Å². The molecule has 0 unspecified atom stereocenters. The summed E-state index contributed by atoms with van der Waals surface area (Å²) in [6.45, 7) is 2.59. The lowest BCUT2D eigenvalue weighted by Crippen LogP contribution is -2.49. The molecule has 160 valence electrons. The minimum absolute atomic E-state index is 0.0395. The van der Waals surface area contributed by atoms with Gasteiger partial charge in [0.05, 0.1) is 16.1 Å². The quantitative estimate of drug-likeness (QED) is 0.663. The molecule has 2 aromatic heterocycles. The van der Waals surface area contributed by atoms with Crippen molar-refractivity contribution >= 4 is 38.4 Å². The van der Waals surface area contributed by atoms with Crippen LogP contribution in [0.5, 0.6) is 0 Å². The molecule has 0 atom stereocenters. The molecule has 1 aromatic carbocycles.